The van der Waals surface area contributed by atoms with Crippen molar-refractivity contribution in [2.75, 3.05) is 32.1 Å². The zero-order chi connectivity index (χ0) is 16.9. The average Bonchev–Trinajstić information content (AvgIpc) is 2.55. The monoisotopic (exact) mass is 328 g/mol. The number of halogens is 1. The van der Waals surface area contributed by atoms with Crippen LogP contribution in [0.1, 0.15) is 17.2 Å². The molecule has 0 aliphatic carbocycles. The van der Waals surface area contributed by atoms with Crippen LogP contribution in [0.4, 0.5) is 10.1 Å². The molecule has 1 amide bonds. The second-order valence-electron chi connectivity index (χ2n) is 6.10. The molecule has 2 aromatic rings. The molecule has 1 unspecified atom stereocenters. The third-order valence-electron chi connectivity index (χ3n) is 4.09. The van der Waals surface area contributed by atoms with Gasteiger partial charge in [-0.15, -0.1) is 0 Å². The normalized spacial score (nSPS) is 18.3. The standard InChI is InChI=1S/C19H21FN2O2/c1-22-9-10-24-18(13-22)15-5-7-17(8-6-15)21-19(23)12-14-3-2-4-16(20)11-14/h2-8,11,18H,9-10,12-13H2,1H3,(H,21,23). The van der Waals surface area contributed by atoms with Crippen LogP contribution in [0.5, 0.6) is 0 Å². The fraction of sp³-hybridized carbons (Fsp3) is 0.316. The van der Waals surface area contributed by atoms with E-state index >= 15 is 0 Å². The third kappa shape index (κ3) is 4.40. The number of likely N-dealkylation sites (N-methyl/N-ethyl adjacent to an activating group) is 1. The fourth-order valence-corrected chi connectivity index (χ4v) is 2.80. The Morgan fingerprint density at radius 3 is 2.79 bits per heavy atom. The fourth-order valence-electron chi connectivity index (χ4n) is 2.80. The van der Waals surface area contributed by atoms with Crippen molar-refractivity contribution in [3.05, 3.63) is 65.5 Å². The number of nitrogens with zero attached hydrogens (tertiary/aromatic N) is 1. The van der Waals surface area contributed by atoms with Gasteiger partial charge in [-0.1, -0.05) is 24.3 Å². The highest BCUT2D eigenvalue weighted by atomic mass is 19.1. The van der Waals surface area contributed by atoms with Gasteiger partial charge in [-0.25, -0.2) is 4.39 Å². The second-order valence-corrected chi connectivity index (χ2v) is 6.10. The molecule has 0 saturated carbocycles. The number of carbonyl (C=O) groups is 1. The first kappa shape index (κ1) is 16.6. The first-order chi connectivity index (χ1) is 11.6. The topological polar surface area (TPSA) is 41.6 Å². The highest BCUT2D eigenvalue weighted by Crippen LogP contribution is 2.23. The minimum atomic E-state index is -0.331. The Morgan fingerprint density at radius 1 is 1.29 bits per heavy atom. The van der Waals surface area contributed by atoms with Crippen molar-refractivity contribution < 1.29 is 13.9 Å². The molecule has 4 nitrogen and oxygen atoms in total. The Balaban J connectivity index is 1.58. The largest absolute Gasteiger partial charge is 0.371 e. The number of anilines is 1. The third-order valence-corrected chi connectivity index (χ3v) is 4.09. The summed E-state index contributed by atoms with van der Waals surface area (Å²) in [7, 11) is 2.08. The lowest BCUT2D eigenvalue weighted by molar-refractivity contribution is -0.115. The molecular weight excluding hydrogens is 307 g/mol. The smallest absolute Gasteiger partial charge is 0.228 e. The number of ether oxygens (including phenoxy) is 1. The first-order valence-corrected chi connectivity index (χ1v) is 8.04. The van der Waals surface area contributed by atoms with Gasteiger partial charge in [0.1, 0.15) is 5.82 Å². The van der Waals surface area contributed by atoms with Gasteiger partial charge >= 0.3 is 0 Å². The van der Waals surface area contributed by atoms with Crippen molar-refractivity contribution in [3.63, 3.8) is 0 Å². The van der Waals surface area contributed by atoms with Crippen molar-refractivity contribution in [3.8, 4) is 0 Å². The molecule has 1 aliphatic heterocycles. The molecule has 0 spiro atoms. The molecule has 0 radical (unpaired) electrons. The summed E-state index contributed by atoms with van der Waals surface area (Å²) in [5.41, 5.74) is 2.48. The van der Waals surface area contributed by atoms with Gasteiger partial charge in [-0.3, -0.25) is 4.79 Å². The van der Waals surface area contributed by atoms with Crippen LogP contribution in [0.2, 0.25) is 0 Å². The molecule has 1 N–H and O–H groups in total. The Labute approximate surface area is 141 Å². The number of nitrogens with one attached hydrogen (secondary N) is 1. The first-order valence-electron chi connectivity index (χ1n) is 8.04. The van der Waals surface area contributed by atoms with E-state index in [1.54, 1.807) is 12.1 Å². The van der Waals surface area contributed by atoms with Gasteiger partial charge in [0.15, 0.2) is 0 Å². The van der Waals surface area contributed by atoms with E-state index in [-0.39, 0.29) is 24.2 Å². The number of rotatable bonds is 4. The number of morpholine rings is 1. The molecule has 2 aromatic carbocycles. The second kappa shape index (κ2) is 7.55. The van der Waals surface area contributed by atoms with Gasteiger partial charge < -0.3 is 15.0 Å². The van der Waals surface area contributed by atoms with Gasteiger partial charge in [-0.2, -0.15) is 0 Å². The summed E-state index contributed by atoms with van der Waals surface area (Å²) in [6.45, 7) is 2.54. The maximum Gasteiger partial charge on any atom is 0.228 e. The lowest BCUT2D eigenvalue weighted by Crippen LogP contribution is -2.35. The quantitative estimate of drug-likeness (QED) is 0.938. The lowest BCUT2D eigenvalue weighted by atomic mass is 10.1. The van der Waals surface area contributed by atoms with E-state index in [0.717, 1.165) is 30.9 Å². The summed E-state index contributed by atoms with van der Waals surface area (Å²) >= 11 is 0. The predicted molar refractivity (Wildman–Crippen MR) is 91.4 cm³/mol. The van der Waals surface area contributed by atoms with E-state index in [4.69, 9.17) is 4.74 Å². The number of hydrogen-bond acceptors (Lipinski definition) is 3. The Hall–Kier alpha value is -2.24. The van der Waals surface area contributed by atoms with Crippen LogP contribution in [0.25, 0.3) is 0 Å². The number of benzene rings is 2. The van der Waals surface area contributed by atoms with Crippen LogP contribution in [0.3, 0.4) is 0 Å². The molecule has 1 aliphatic rings. The van der Waals surface area contributed by atoms with Crippen LogP contribution < -0.4 is 5.32 Å². The van der Waals surface area contributed by atoms with E-state index in [0.29, 0.717) is 5.56 Å². The SMILES string of the molecule is CN1CCOC(c2ccc(NC(=O)Cc3cccc(F)c3)cc2)C1. The molecule has 1 saturated heterocycles. The summed E-state index contributed by atoms with van der Waals surface area (Å²) in [4.78, 5) is 14.3. The molecule has 0 bridgehead atoms. The molecule has 1 fully saturated rings. The molecule has 1 atom stereocenters. The molecule has 126 valence electrons. The molecule has 1 heterocycles. The Morgan fingerprint density at radius 2 is 2.08 bits per heavy atom. The molecule has 24 heavy (non-hydrogen) atoms. The van der Waals surface area contributed by atoms with Gasteiger partial charge in [0.2, 0.25) is 5.91 Å². The lowest BCUT2D eigenvalue weighted by Gasteiger charge is -2.30. The van der Waals surface area contributed by atoms with Crippen molar-refractivity contribution in [1.29, 1.82) is 0 Å². The molecule has 5 heteroatoms. The van der Waals surface area contributed by atoms with Crippen molar-refractivity contribution in [1.82, 2.24) is 4.90 Å². The summed E-state index contributed by atoms with van der Waals surface area (Å²) in [5, 5.41) is 2.84. The van der Waals surface area contributed by atoms with Crippen LogP contribution in [-0.2, 0) is 16.0 Å². The number of amides is 1. The van der Waals surface area contributed by atoms with E-state index in [1.165, 1.54) is 12.1 Å². The minimum absolute atomic E-state index is 0.0702. The summed E-state index contributed by atoms with van der Waals surface area (Å²) < 4.78 is 18.9. The maximum absolute atomic E-state index is 13.1. The van der Waals surface area contributed by atoms with Crippen LogP contribution in [0, 0.1) is 5.82 Å². The number of hydrogen-bond donors (Lipinski definition) is 1. The van der Waals surface area contributed by atoms with Gasteiger partial charge in [0.05, 0.1) is 19.1 Å². The summed E-state index contributed by atoms with van der Waals surface area (Å²) in [5.74, 6) is -0.496. The van der Waals surface area contributed by atoms with Crippen LogP contribution in [-0.4, -0.2) is 37.6 Å². The van der Waals surface area contributed by atoms with E-state index in [2.05, 4.69) is 17.3 Å². The maximum atomic E-state index is 13.1. The van der Waals surface area contributed by atoms with E-state index in [9.17, 15) is 9.18 Å². The van der Waals surface area contributed by atoms with Gasteiger partial charge in [0, 0.05) is 18.8 Å². The van der Waals surface area contributed by atoms with E-state index in [1.807, 2.05) is 24.3 Å². The molecular formula is C19H21FN2O2. The zero-order valence-electron chi connectivity index (χ0n) is 13.7. The minimum Gasteiger partial charge on any atom is -0.371 e. The summed E-state index contributed by atoms with van der Waals surface area (Å²) in [6.07, 6.45) is 0.219. The summed E-state index contributed by atoms with van der Waals surface area (Å²) in [6, 6.07) is 13.8. The van der Waals surface area contributed by atoms with Crippen molar-refractivity contribution in [2.24, 2.45) is 0 Å². The molecule has 0 aromatic heterocycles. The number of carbonyl (C=O) groups excluding carboxylic acids is 1. The van der Waals surface area contributed by atoms with Crippen molar-refractivity contribution >= 4 is 11.6 Å². The van der Waals surface area contributed by atoms with Crippen LogP contribution >= 0.6 is 0 Å². The highest BCUT2D eigenvalue weighted by Gasteiger charge is 2.19. The highest BCUT2D eigenvalue weighted by molar-refractivity contribution is 5.92. The van der Waals surface area contributed by atoms with Gasteiger partial charge in [0.25, 0.3) is 0 Å². The average molecular weight is 328 g/mol. The van der Waals surface area contributed by atoms with Crippen LogP contribution in [0.15, 0.2) is 48.5 Å². The Bertz CT molecular complexity index is 703. The van der Waals surface area contributed by atoms with Crippen molar-refractivity contribution in [2.45, 2.75) is 12.5 Å². The predicted octanol–water partition coefficient (Wildman–Crippen LogP) is 3.01. The van der Waals surface area contributed by atoms with E-state index < -0.39 is 0 Å². The zero-order valence-corrected chi connectivity index (χ0v) is 13.7. The van der Waals surface area contributed by atoms with Gasteiger partial charge in [-0.05, 0) is 42.4 Å². The Kier molecular flexibility index (Phi) is 5.23. The molecule has 3 rings (SSSR count).